The summed E-state index contributed by atoms with van der Waals surface area (Å²) in [5.74, 6) is 1.61. The van der Waals surface area contributed by atoms with Crippen LogP contribution in [-0.4, -0.2) is 19.1 Å². The quantitative estimate of drug-likeness (QED) is 0.231. The van der Waals surface area contributed by atoms with Crippen LogP contribution in [-0.2, 0) is 4.79 Å². The predicted molar refractivity (Wildman–Crippen MR) is 131 cm³/mol. The summed E-state index contributed by atoms with van der Waals surface area (Å²) in [5, 5.41) is 12.1. The van der Waals surface area contributed by atoms with Crippen molar-refractivity contribution in [2.24, 2.45) is 0 Å². The van der Waals surface area contributed by atoms with Crippen molar-refractivity contribution < 1.29 is 14.3 Å². The zero-order chi connectivity index (χ0) is 23.5. The zero-order valence-corrected chi connectivity index (χ0v) is 19.0. The number of hydrogen-bond acceptors (Lipinski definition) is 4. The fraction of sp³-hybridized carbons (Fsp3) is 0.214. The van der Waals surface area contributed by atoms with Gasteiger partial charge in [-0.05, 0) is 65.9 Å². The second-order valence-electron chi connectivity index (χ2n) is 7.63. The summed E-state index contributed by atoms with van der Waals surface area (Å²) in [6, 6.07) is 26.4. The van der Waals surface area contributed by atoms with Crippen LogP contribution in [0, 0.1) is 11.3 Å². The molecule has 1 atom stereocenters. The van der Waals surface area contributed by atoms with Crippen LogP contribution >= 0.6 is 0 Å². The second-order valence-corrected chi connectivity index (χ2v) is 7.63. The van der Waals surface area contributed by atoms with Crippen LogP contribution < -0.4 is 14.8 Å². The van der Waals surface area contributed by atoms with Gasteiger partial charge in [-0.3, -0.25) is 4.79 Å². The SMILES string of the molecule is CCC(C)c1ccc(OCCOc2ccc(/C=C(/C#N)C(=O)Nc3ccccc3)cc2)cc1. The smallest absolute Gasteiger partial charge is 0.266 e. The first-order chi connectivity index (χ1) is 16.1. The van der Waals surface area contributed by atoms with E-state index in [2.05, 4.69) is 31.3 Å². The van der Waals surface area contributed by atoms with Crippen LogP contribution in [0.1, 0.15) is 37.3 Å². The number of benzene rings is 3. The van der Waals surface area contributed by atoms with E-state index in [4.69, 9.17) is 9.47 Å². The Morgan fingerprint density at radius 1 is 0.939 bits per heavy atom. The summed E-state index contributed by atoms with van der Waals surface area (Å²) in [6.07, 6.45) is 2.66. The molecule has 3 aromatic carbocycles. The Morgan fingerprint density at radius 2 is 1.52 bits per heavy atom. The highest BCUT2D eigenvalue weighted by Gasteiger charge is 2.09. The van der Waals surface area contributed by atoms with E-state index in [1.54, 1.807) is 42.5 Å². The summed E-state index contributed by atoms with van der Waals surface area (Å²) in [7, 11) is 0. The van der Waals surface area contributed by atoms with Gasteiger partial charge in [-0.2, -0.15) is 5.26 Å². The summed E-state index contributed by atoms with van der Waals surface area (Å²) >= 11 is 0. The number of para-hydroxylation sites is 1. The Balaban J connectivity index is 1.48. The van der Waals surface area contributed by atoms with E-state index in [0.717, 1.165) is 17.7 Å². The lowest BCUT2D eigenvalue weighted by molar-refractivity contribution is -0.112. The maximum absolute atomic E-state index is 12.3. The molecule has 0 bridgehead atoms. The molecular weight excluding hydrogens is 412 g/mol. The highest BCUT2D eigenvalue weighted by atomic mass is 16.5. The molecule has 0 saturated heterocycles. The molecule has 1 amide bonds. The molecule has 168 valence electrons. The van der Waals surface area contributed by atoms with Crippen LogP contribution in [0.25, 0.3) is 6.08 Å². The van der Waals surface area contributed by atoms with E-state index in [0.29, 0.717) is 30.6 Å². The van der Waals surface area contributed by atoms with E-state index < -0.39 is 5.91 Å². The summed E-state index contributed by atoms with van der Waals surface area (Å²) < 4.78 is 11.5. The van der Waals surface area contributed by atoms with Crippen molar-refractivity contribution in [2.45, 2.75) is 26.2 Å². The first-order valence-corrected chi connectivity index (χ1v) is 11.0. The average molecular weight is 441 g/mol. The van der Waals surface area contributed by atoms with Gasteiger partial charge in [-0.15, -0.1) is 0 Å². The molecule has 0 saturated carbocycles. The standard InChI is InChI=1S/C28H28N2O3/c1-3-21(2)23-11-15-27(16-12-23)33-18-17-32-26-13-9-22(10-14-26)19-24(20-29)28(31)30-25-7-5-4-6-8-25/h4-16,19,21H,3,17-18H2,1-2H3,(H,30,31)/b24-19-. The number of nitriles is 1. The van der Waals surface area contributed by atoms with E-state index in [1.807, 2.05) is 36.4 Å². The van der Waals surface area contributed by atoms with E-state index in [1.165, 1.54) is 5.56 Å². The van der Waals surface area contributed by atoms with Gasteiger partial charge in [0.1, 0.15) is 36.4 Å². The minimum Gasteiger partial charge on any atom is -0.490 e. The number of ether oxygens (including phenoxy) is 2. The number of anilines is 1. The van der Waals surface area contributed by atoms with Gasteiger partial charge >= 0.3 is 0 Å². The molecular formula is C28H28N2O3. The fourth-order valence-electron chi connectivity index (χ4n) is 3.14. The lowest BCUT2D eigenvalue weighted by Gasteiger charge is -2.11. The van der Waals surface area contributed by atoms with Gasteiger partial charge in [0.2, 0.25) is 0 Å². The molecule has 0 heterocycles. The number of nitrogens with one attached hydrogen (secondary N) is 1. The van der Waals surface area contributed by atoms with Crippen LogP contribution in [0.4, 0.5) is 5.69 Å². The third-order valence-corrected chi connectivity index (χ3v) is 5.27. The molecule has 0 aromatic heterocycles. The molecule has 3 aromatic rings. The third-order valence-electron chi connectivity index (χ3n) is 5.27. The Labute approximate surface area is 195 Å². The van der Waals surface area contributed by atoms with Gasteiger partial charge in [0, 0.05) is 5.69 Å². The molecule has 0 spiro atoms. The maximum Gasteiger partial charge on any atom is 0.266 e. The van der Waals surface area contributed by atoms with Gasteiger partial charge in [-0.25, -0.2) is 0 Å². The van der Waals surface area contributed by atoms with Crippen molar-refractivity contribution in [1.29, 1.82) is 5.26 Å². The largest absolute Gasteiger partial charge is 0.490 e. The Kier molecular flexibility index (Phi) is 8.67. The van der Waals surface area contributed by atoms with Gasteiger partial charge in [0.05, 0.1) is 0 Å². The van der Waals surface area contributed by atoms with Gasteiger partial charge < -0.3 is 14.8 Å². The topological polar surface area (TPSA) is 71.3 Å². The lowest BCUT2D eigenvalue weighted by Crippen LogP contribution is -2.13. The Bertz CT molecular complexity index is 1100. The van der Waals surface area contributed by atoms with Crippen LogP contribution in [0.2, 0.25) is 0 Å². The minimum absolute atomic E-state index is 0.0280. The third kappa shape index (κ3) is 7.26. The number of rotatable bonds is 10. The molecule has 0 aliphatic heterocycles. The highest BCUT2D eigenvalue weighted by Crippen LogP contribution is 2.21. The lowest BCUT2D eigenvalue weighted by atomic mass is 9.99. The van der Waals surface area contributed by atoms with Crippen molar-refractivity contribution in [3.8, 4) is 17.6 Å². The van der Waals surface area contributed by atoms with Gasteiger partial charge in [0.25, 0.3) is 5.91 Å². The van der Waals surface area contributed by atoms with Crippen molar-refractivity contribution in [3.63, 3.8) is 0 Å². The Hall–Kier alpha value is -4.04. The molecule has 0 fully saturated rings. The molecule has 3 rings (SSSR count). The van der Waals surface area contributed by atoms with E-state index >= 15 is 0 Å². The van der Waals surface area contributed by atoms with E-state index in [9.17, 15) is 10.1 Å². The molecule has 0 radical (unpaired) electrons. The molecule has 1 unspecified atom stereocenters. The first-order valence-electron chi connectivity index (χ1n) is 11.0. The summed E-state index contributed by atoms with van der Waals surface area (Å²) in [5.41, 5.74) is 2.72. The van der Waals surface area contributed by atoms with Crippen molar-refractivity contribution in [1.82, 2.24) is 0 Å². The minimum atomic E-state index is -0.446. The van der Waals surface area contributed by atoms with E-state index in [-0.39, 0.29) is 5.57 Å². The number of carbonyl (C=O) groups is 1. The van der Waals surface area contributed by atoms with Crippen LogP contribution in [0.3, 0.4) is 0 Å². The summed E-state index contributed by atoms with van der Waals surface area (Å²) in [4.78, 5) is 12.3. The zero-order valence-electron chi connectivity index (χ0n) is 19.0. The maximum atomic E-state index is 12.3. The van der Waals surface area contributed by atoms with Crippen LogP contribution in [0.5, 0.6) is 11.5 Å². The first kappa shape index (κ1) is 23.6. The van der Waals surface area contributed by atoms with Gasteiger partial charge in [0.15, 0.2) is 0 Å². The molecule has 33 heavy (non-hydrogen) atoms. The summed E-state index contributed by atoms with van der Waals surface area (Å²) in [6.45, 7) is 5.24. The van der Waals surface area contributed by atoms with Crippen molar-refractivity contribution in [3.05, 3.63) is 95.6 Å². The number of amides is 1. The molecule has 1 N–H and O–H groups in total. The van der Waals surface area contributed by atoms with Crippen molar-refractivity contribution in [2.75, 3.05) is 18.5 Å². The number of nitrogens with zero attached hydrogens (tertiary/aromatic N) is 1. The van der Waals surface area contributed by atoms with Crippen molar-refractivity contribution >= 4 is 17.7 Å². The van der Waals surface area contributed by atoms with Crippen LogP contribution in [0.15, 0.2) is 84.4 Å². The normalized spacial score (nSPS) is 11.8. The number of carbonyl (C=O) groups excluding carboxylic acids is 1. The second kappa shape index (κ2) is 12.1. The monoisotopic (exact) mass is 440 g/mol. The molecule has 0 aliphatic rings. The average Bonchev–Trinajstić information content (AvgIpc) is 2.86. The fourth-order valence-corrected chi connectivity index (χ4v) is 3.14. The highest BCUT2D eigenvalue weighted by molar-refractivity contribution is 6.09. The molecule has 5 heteroatoms. The number of hydrogen-bond donors (Lipinski definition) is 1. The molecule has 0 aliphatic carbocycles. The molecule has 5 nitrogen and oxygen atoms in total. The van der Waals surface area contributed by atoms with Gasteiger partial charge in [-0.1, -0.05) is 56.3 Å². The Morgan fingerprint density at radius 3 is 2.06 bits per heavy atom. The predicted octanol–water partition coefficient (Wildman–Crippen LogP) is 6.20.